The van der Waals surface area contributed by atoms with E-state index in [9.17, 15) is 8.42 Å². The molecule has 0 amide bonds. The monoisotopic (exact) mass is 434 g/mol. The summed E-state index contributed by atoms with van der Waals surface area (Å²) in [6, 6.07) is 9.71. The minimum Gasteiger partial charge on any atom is -0.309 e. The Bertz CT molecular complexity index is 739. The van der Waals surface area contributed by atoms with E-state index >= 15 is 0 Å². The van der Waals surface area contributed by atoms with Crippen LogP contribution >= 0.6 is 33.9 Å². The van der Waals surface area contributed by atoms with Crippen molar-refractivity contribution in [2.24, 2.45) is 0 Å². The lowest BCUT2D eigenvalue weighted by molar-refractivity contribution is 0.601. The third kappa shape index (κ3) is 3.97. The molecule has 112 valence electrons. The number of benzene rings is 1. The second-order valence-electron chi connectivity index (χ2n) is 4.99. The fraction of sp³-hybridized carbons (Fsp3) is 0.286. The van der Waals surface area contributed by atoms with Crippen LogP contribution in [-0.2, 0) is 16.6 Å². The number of nitrogens with one attached hydrogen (secondary N) is 2. The molecule has 1 fully saturated rings. The highest BCUT2D eigenvalue weighted by Gasteiger charge is 2.21. The maximum absolute atomic E-state index is 12.4. The first-order valence-electron chi connectivity index (χ1n) is 6.63. The lowest BCUT2D eigenvalue weighted by Crippen LogP contribution is -2.15. The van der Waals surface area contributed by atoms with Crippen LogP contribution in [0.1, 0.15) is 17.7 Å². The third-order valence-corrected chi connectivity index (χ3v) is 6.57. The van der Waals surface area contributed by atoms with Crippen LogP contribution in [0.3, 0.4) is 0 Å². The summed E-state index contributed by atoms with van der Waals surface area (Å²) in [6.07, 6.45) is 2.45. The maximum atomic E-state index is 12.4. The zero-order chi connectivity index (χ0) is 14.9. The fourth-order valence-corrected chi connectivity index (χ4v) is 4.89. The number of halogens is 1. The topological polar surface area (TPSA) is 58.2 Å². The Morgan fingerprint density at radius 3 is 2.76 bits per heavy atom. The summed E-state index contributed by atoms with van der Waals surface area (Å²) >= 11 is 3.60. The zero-order valence-corrected chi connectivity index (χ0v) is 15.0. The van der Waals surface area contributed by atoms with Crippen molar-refractivity contribution in [3.05, 3.63) is 44.2 Å². The van der Waals surface area contributed by atoms with E-state index in [1.54, 1.807) is 17.5 Å². The number of hydrogen-bond acceptors (Lipinski definition) is 4. The van der Waals surface area contributed by atoms with Crippen LogP contribution in [0.5, 0.6) is 0 Å². The van der Waals surface area contributed by atoms with Crippen molar-refractivity contribution in [3.63, 3.8) is 0 Å². The summed E-state index contributed by atoms with van der Waals surface area (Å²) in [6.45, 7) is 0.744. The second-order valence-corrected chi connectivity index (χ2v) is 8.83. The average molecular weight is 434 g/mol. The SMILES string of the molecule is O=S(=O)(Nc1ccccc1I)c1csc(CNC2CC2)c1. The Balaban J connectivity index is 1.73. The van der Waals surface area contributed by atoms with Gasteiger partial charge in [0, 0.05) is 26.4 Å². The van der Waals surface area contributed by atoms with Crippen LogP contribution in [0.2, 0.25) is 0 Å². The molecular formula is C14H15IN2O2S2. The number of rotatable bonds is 6. The van der Waals surface area contributed by atoms with Crippen molar-refractivity contribution < 1.29 is 8.42 Å². The molecule has 0 atom stereocenters. The first-order valence-corrected chi connectivity index (χ1v) is 10.1. The molecule has 2 aromatic rings. The minimum atomic E-state index is -3.51. The van der Waals surface area contributed by atoms with Gasteiger partial charge in [-0.15, -0.1) is 11.3 Å². The Hall–Kier alpha value is -0.640. The molecule has 0 aliphatic heterocycles. The molecule has 0 radical (unpaired) electrons. The number of anilines is 1. The zero-order valence-electron chi connectivity index (χ0n) is 11.2. The molecule has 0 spiro atoms. The molecule has 4 nitrogen and oxygen atoms in total. The van der Waals surface area contributed by atoms with Crippen molar-refractivity contribution in [1.29, 1.82) is 0 Å². The van der Waals surface area contributed by atoms with Gasteiger partial charge < -0.3 is 5.32 Å². The van der Waals surface area contributed by atoms with Crippen molar-refractivity contribution in [1.82, 2.24) is 5.32 Å². The van der Waals surface area contributed by atoms with E-state index in [0.717, 1.165) is 15.0 Å². The highest BCUT2D eigenvalue weighted by Crippen LogP contribution is 2.25. The predicted molar refractivity (Wildman–Crippen MR) is 94.1 cm³/mol. The van der Waals surface area contributed by atoms with Crippen LogP contribution in [-0.4, -0.2) is 14.5 Å². The van der Waals surface area contributed by atoms with E-state index in [1.165, 1.54) is 24.2 Å². The Labute approximate surface area is 142 Å². The number of para-hydroxylation sites is 1. The summed E-state index contributed by atoms with van der Waals surface area (Å²) in [7, 11) is -3.51. The smallest absolute Gasteiger partial charge is 0.262 e. The van der Waals surface area contributed by atoms with Gasteiger partial charge in [-0.25, -0.2) is 8.42 Å². The molecule has 21 heavy (non-hydrogen) atoms. The molecule has 0 saturated heterocycles. The van der Waals surface area contributed by atoms with Gasteiger partial charge in [0.25, 0.3) is 10.0 Å². The fourth-order valence-electron chi connectivity index (χ4n) is 1.87. The first kappa shape index (κ1) is 15.3. The highest BCUT2D eigenvalue weighted by atomic mass is 127. The average Bonchev–Trinajstić information content (AvgIpc) is 3.15. The molecular weight excluding hydrogens is 419 g/mol. The highest BCUT2D eigenvalue weighted by molar-refractivity contribution is 14.1. The van der Waals surface area contributed by atoms with E-state index in [2.05, 4.69) is 32.6 Å². The number of sulfonamides is 1. The molecule has 1 aromatic heterocycles. The van der Waals surface area contributed by atoms with Crippen molar-refractivity contribution in [2.75, 3.05) is 4.72 Å². The van der Waals surface area contributed by atoms with E-state index in [-0.39, 0.29) is 0 Å². The maximum Gasteiger partial charge on any atom is 0.262 e. The van der Waals surface area contributed by atoms with E-state index in [0.29, 0.717) is 16.6 Å². The summed E-state index contributed by atoms with van der Waals surface area (Å²) in [5.74, 6) is 0. The van der Waals surface area contributed by atoms with Crippen LogP contribution < -0.4 is 10.0 Å². The lowest BCUT2D eigenvalue weighted by Gasteiger charge is -2.08. The van der Waals surface area contributed by atoms with Gasteiger partial charge >= 0.3 is 0 Å². The molecule has 0 unspecified atom stereocenters. The largest absolute Gasteiger partial charge is 0.309 e. The number of hydrogen-bond donors (Lipinski definition) is 2. The van der Waals surface area contributed by atoms with Crippen LogP contribution in [0.25, 0.3) is 0 Å². The van der Waals surface area contributed by atoms with Crippen LogP contribution in [0.4, 0.5) is 5.69 Å². The number of thiophene rings is 1. The molecule has 1 aliphatic carbocycles. The standard InChI is InChI=1S/C14H15IN2O2S2/c15-13-3-1-2-4-14(13)17-21(18,19)12-7-11(20-9-12)8-16-10-5-6-10/h1-4,7,9-10,16-17H,5-6,8H2. The van der Waals surface area contributed by atoms with E-state index in [1.807, 2.05) is 18.2 Å². The summed E-state index contributed by atoms with van der Waals surface area (Å²) < 4.78 is 28.3. The minimum absolute atomic E-state index is 0.333. The van der Waals surface area contributed by atoms with Crippen LogP contribution in [0, 0.1) is 3.57 Å². The van der Waals surface area contributed by atoms with Gasteiger partial charge in [-0.05, 0) is 53.6 Å². The first-order chi connectivity index (χ1) is 10.0. The Morgan fingerprint density at radius 1 is 1.29 bits per heavy atom. The molecule has 1 aliphatic rings. The van der Waals surface area contributed by atoms with Gasteiger partial charge in [0.1, 0.15) is 0 Å². The molecule has 1 heterocycles. The van der Waals surface area contributed by atoms with E-state index < -0.39 is 10.0 Å². The summed E-state index contributed by atoms with van der Waals surface area (Å²) in [4.78, 5) is 1.38. The van der Waals surface area contributed by atoms with Gasteiger partial charge in [0.05, 0.1) is 10.6 Å². The van der Waals surface area contributed by atoms with Gasteiger partial charge in [-0.1, -0.05) is 12.1 Å². The van der Waals surface area contributed by atoms with Crippen molar-refractivity contribution in [3.8, 4) is 0 Å². The normalized spacial score (nSPS) is 15.1. The molecule has 3 rings (SSSR count). The second kappa shape index (κ2) is 6.23. The predicted octanol–water partition coefficient (Wildman–Crippen LogP) is 3.41. The van der Waals surface area contributed by atoms with E-state index in [4.69, 9.17) is 0 Å². The van der Waals surface area contributed by atoms with Gasteiger partial charge in [-0.2, -0.15) is 0 Å². The van der Waals surface area contributed by atoms with Gasteiger partial charge in [0.15, 0.2) is 0 Å². The summed E-state index contributed by atoms with van der Waals surface area (Å²) in [5, 5.41) is 5.09. The molecule has 1 aromatic carbocycles. The lowest BCUT2D eigenvalue weighted by atomic mass is 10.3. The molecule has 0 bridgehead atoms. The van der Waals surface area contributed by atoms with Crippen molar-refractivity contribution >= 4 is 49.6 Å². The van der Waals surface area contributed by atoms with Crippen LogP contribution in [0.15, 0.2) is 40.6 Å². The van der Waals surface area contributed by atoms with Crippen molar-refractivity contribution in [2.45, 2.75) is 30.3 Å². The van der Waals surface area contributed by atoms with Gasteiger partial charge in [-0.3, -0.25) is 4.72 Å². The Kier molecular flexibility index (Phi) is 4.53. The third-order valence-electron chi connectivity index (χ3n) is 3.20. The molecule has 7 heteroatoms. The molecule has 2 N–H and O–H groups in total. The molecule has 1 saturated carbocycles. The quantitative estimate of drug-likeness (QED) is 0.686. The van der Waals surface area contributed by atoms with Gasteiger partial charge in [0.2, 0.25) is 0 Å². The Morgan fingerprint density at radius 2 is 2.05 bits per heavy atom. The summed E-state index contributed by atoms with van der Waals surface area (Å²) in [5.41, 5.74) is 0.613.